The van der Waals surface area contributed by atoms with Gasteiger partial charge in [-0.1, -0.05) is 55.3 Å². The number of benzene rings is 1. The van der Waals surface area contributed by atoms with E-state index in [1.54, 1.807) is 0 Å². The first-order valence-electron chi connectivity index (χ1n) is 6.80. The first kappa shape index (κ1) is 11.0. The van der Waals surface area contributed by atoms with Crippen molar-refractivity contribution in [1.29, 1.82) is 0 Å². The molecule has 1 heteroatoms. The molecule has 1 heterocycles. The Balaban J connectivity index is 1.74. The Kier molecular flexibility index (Phi) is 3.02. The van der Waals surface area contributed by atoms with Crippen LogP contribution in [0, 0.1) is 5.92 Å². The second-order valence-corrected chi connectivity index (χ2v) is 5.51. The van der Waals surface area contributed by atoms with Crippen LogP contribution in [-0.2, 0) is 6.54 Å². The van der Waals surface area contributed by atoms with Crippen LogP contribution < -0.4 is 0 Å². The van der Waals surface area contributed by atoms with Gasteiger partial charge in [0.15, 0.2) is 0 Å². The van der Waals surface area contributed by atoms with E-state index in [1.807, 2.05) is 0 Å². The zero-order valence-corrected chi connectivity index (χ0v) is 10.4. The summed E-state index contributed by atoms with van der Waals surface area (Å²) >= 11 is 0. The maximum atomic E-state index is 4.29. The maximum Gasteiger partial charge on any atom is 0.0240 e. The molecule has 2 aliphatic rings. The second-order valence-electron chi connectivity index (χ2n) is 5.51. The largest absolute Gasteiger partial charge is 0.292 e. The predicted octanol–water partition coefficient (Wildman–Crippen LogP) is 3.62. The van der Waals surface area contributed by atoms with Crippen LogP contribution in [0.2, 0.25) is 0 Å². The minimum Gasteiger partial charge on any atom is -0.292 e. The van der Waals surface area contributed by atoms with Crippen molar-refractivity contribution >= 4 is 0 Å². The van der Waals surface area contributed by atoms with Crippen molar-refractivity contribution in [2.75, 3.05) is 6.54 Å². The first-order valence-corrected chi connectivity index (χ1v) is 6.80. The summed E-state index contributed by atoms with van der Waals surface area (Å²) in [4.78, 5) is 2.64. The van der Waals surface area contributed by atoms with Crippen LogP contribution in [-0.4, -0.2) is 17.5 Å². The van der Waals surface area contributed by atoms with E-state index in [4.69, 9.17) is 0 Å². The van der Waals surface area contributed by atoms with Gasteiger partial charge < -0.3 is 0 Å². The quantitative estimate of drug-likeness (QED) is 0.698. The summed E-state index contributed by atoms with van der Waals surface area (Å²) in [5.41, 5.74) is 2.91. The van der Waals surface area contributed by atoms with Gasteiger partial charge in [-0.05, 0) is 24.3 Å². The molecule has 17 heavy (non-hydrogen) atoms. The summed E-state index contributed by atoms with van der Waals surface area (Å²) in [7, 11) is 0. The average molecular weight is 227 g/mol. The SMILES string of the molecule is C=C1CN(Cc2ccccc2)[C@H]2CCCC[C@@H]12. The molecule has 3 rings (SSSR count). The van der Waals surface area contributed by atoms with Gasteiger partial charge >= 0.3 is 0 Å². The molecular weight excluding hydrogens is 206 g/mol. The number of hydrogen-bond donors (Lipinski definition) is 0. The lowest BCUT2D eigenvalue weighted by atomic mass is 9.83. The molecule has 0 bridgehead atoms. The van der Waals surface area contributed by atoms with Gasteiger partial charge in [-0.25, -0.2) is 0 Å². The highest BCUT2D eigenvalue weighted by Gasteiger charge is 2.37. The van der Waals surface area contributed by atoms with Gasteiger partial charge in [-0.15, -0.1) is 0 Å². The lowest BCUT2D eigenvalue weighted by Gasteiger charge is -2.31. The van der Waals surface area contributed by atoms with Crippen LogP contribution in [0.4, 0.5) is 0 Å². The van der Waals surface area contributed by atoms with E-state index in [-0.39, 0.29) is 0 Å². The Morgan fingerprint density at radius 3 is 2.71 bits per heavy atom. The number of nitrogens with zero attached hydrogens (tertiary/aromatic N) is 1. The standard InChI is InChI=1S/C16H21N/c1-13-11-17(12-14-7-3-2-4-8-14)16-10-6-5-9-15(13)16/h2-4,7-8,15-16H,1,5-6,9-12H2/t15-,16-/m0/s1. The van der Waals surface area contributed by atoms with E-state index in [2.05, 4.69) is 41.8 Å². The molecule has 0 unspecified atom stereocenters. The van der Waals surface area contributed by atoms with Crippen LogP contribution in [0.5, 0.6) is 0 Å². The highest BCUT2D eigenvalue weighted by molar-refractivity contribution is 5.19. The topological polar surface area (TPSA) is 3.24 Å². The smallest absolute Gasteiger partial charge is 0.0240 e. The van der Waals surface area contributed by atoms with Crippen LogP contribution in [0.15, 0.2) is 42.5 Å². The molecule has 1 nitrogen and oxygen atoms in total. The monoisotopic (exact) mass is 227 g/mol. The van der Waals surface area contributed by atoms with E-state index >= 15 is 0 Å². The molecule has 0 N–H and O–H groups in total. The van der Waals surface area contributed by atoms with E-state index < -0.39 is 0 Å². The van der Waals surface area contributed by atoms with E-state index in [9.17, 15) is 0 Å². The normalized spacial score (nSPS) is 29.3. The molecule has 1 saturated heterocycles. The molecule has 2 atom stereocenters. The minimum atomic E-state index is 0.774. The Morgan fingerprint density at radius 1 is 1.12 bits per heavy atom. The summed E-state index contributed by atoms with van der Waals surface area (Å²) < 4.78 is 0. The number of rotatable bonds is 2. The molecule has 1 aromatic carbocycles. The van der Waals surface area contributed by atoms with Crippen LogP contribution in [0.3, 0.4) is 0 Å². The molecule has 1 aliphatic heterocycles. The van der Waals surface area contributed by atoms with Gasteiger partial charge in [0, 0.05) is 19.1 Å². The fourth-order valence-electron chi connectivity index (χ4n) is 3.51. The second kappa shape index (κ2) is 4.66. The molecule has 0 spiro atoms. The van der Waals surface area contributed by atoms with Crippen molar-refractivity contribution in [3.8, 4) is 0 Å². The zero-order chi connectivity index (χ0) is 11.7. The predicted molar refractivity (Wildman–Crippen MR) is 71.7 cm³/mol. The van der Waals surface area contributed by atoms with E-state index in [1.165, 1.54) is 36.8 Å². The average Bonchev–Trinajstić information content (AvgIpc) is 2.69. The molecule has 2 fully saturated rings. The Labute approximate surface area is 104 Å². The molecule has 90 valence electrons. The number of hydrogen-bond acceptors (Lipinski definition) is 1. The van der Waals surface area contributed by atoms with Gasteiger partial charge in [0.25, 0.3) is 0 Å². The summed E-state index contributed by atoms with van der Waals surface area (Å²) in [5, 5.41) is 0. The van der Waals surface area contributed by atoms with E-state index in [0.717, 1.165) is 25.0 Å². The van der Waals surface area contributed by atoms with Crippen molar-refractivity contribution in [1.82, 2.24) is 4.90 Å². The first-order chi connectivity index (χ1) is 8.34. The van der Waals surface area contributed by atoms with E-state index in [0.29, 0.717) is 0 Å². The lowest BCUT2D eigenvalue weighted by Crippen LogP contribution is -2.34. The molecule has 1 aliphatic carbocycles. The third kappa shape index (κ3) is 2.16. The third-order valence-electron chi connectivity index (χ3n) is 4.36. The van der Waals surface area contributed by atoms with Gasteiger partial charge in [0.05, 0.1) is 0 Å². The molecule has 0 radical (unpaired) electrons. The van der Waals surface area contributed by atoms with Crippen LogP contribution in [0.1, 0.15) is 31.2 Å². The van der Waals surface area contributed by atoms with Crippen molar-refractivity contribution in [3.05, 3.63) is 48.0 Å². The summed E-state index contributed by atoms with van der Waals surface area (Å²) in [6.45, 7) is 6.50. The highest BCUT2D eigenvalue weighted by Crippen LogP contribution is 2.39. The summed E-state index contributed by atoms with van der Waals surface area (Å²) in [5.74, 6) is 0.785. The lowest BCUT2D eigenvalue weighted by molar-refractivity contribution is 0.177. The fraction of sp³-hybridized carbons (Fsp3) is 0.500. The number of likely N-dealkylation sites (tertiary alicyclic amines) is 1. The molecular formula is C16H21N. The summed E-state index contributed by atoms with van der Waals surface area (Å²) in [6, 6.07) is 11.6. The Morgan fingerprint density at radius 2 is 1.88 bits per heavy atom. The fourth-order valence-corrected chi connectivity index (χ4v) is 3.51. The van der Waals surface area contributed by atoms with Gasteiger partial charge in [-0.3, -0.25) is 4.90 Å². The zero-order valence-electron chi connectivity index (χ0n) is 10.4. The molecule has 1 saturated carbocycles. The Hall–Kier alpha value is -1.08. The maximum absolute atomic E-state index is 4.29. The van der Waals surface area contributed by atoms with Crippen LogP contribution in [0.25, 0.3) is 0 Å². The highest BCUT2D eigenvalue weighted by atomic mass is 15.2. The molecule has 0 aromatic heterocycles. The van der Waals surface area contributed by atoms with Crippen molar-refractivity contribution in [2.24, 2.45) is 5.92 Å². The third-order valence-corrected chi connectivity index (χ3v) is 4.36. The van der Waals surface area contributed by atoms with Crippen molar-refractivity contribution in [3.63, 3.8) is 0 Å². The van der Waals surface area contributed by atoms with Gasteiger partial charge in [0.2, 0.25) is 0 Å². The molecule has 1 aromatic rings. The number of fused-ring (bicyclic) bond motifs is 1. The van der Waals surface area contributed by atoms with Crippen molar-refractivity contribution in [2.45, 2.75) is 38.3 Å². The Bertz CT molecular complexity index is 395. The van der Waals surface area contributed by atoms with Crippen molar-refractivity contribution < 1.29 is 0 Å². The van der Waals surface area contributed by atoms with Gasteiger partial charge in [-0.2, -0.15) is 0 Å². The van der Waals surface area contributed by atoms with Crippen LogP contribution >= 0.6 is 0 Å². The summed E-state index contributed by atoms with van der Waals surface area (Å²) in [6.07, 6.45) is 5.55. The molecule has 0 amide bonds. The minimum absolute atomic E-state index is 0.774. The van der Waals surface area contributed by atoms with Gasteiger partial charge in [0.1, 0.15) is 0 Å².